The third kappa shape index (κ3) is 4.02. The number of aryl methyl sites for hydroxylation is 1. The summed E-state index contributed by atoms with van der Waals surface area (Å²) in [5, 5.41) is 1.32. The summed E-state index contributed by atoms with van der Waals surface area (Å²) in [6.45, 7) is 5.36. The predicted molar refractivity (Wildman–Crippen MR) is 132 cm³/mol. The second-order valence-electron chi connectivity index (χ2n) is 8.25. The average molecular weight is 490 g/mol. The van der Waals surface area contributed by atoms with Crippen molar-refractivity contribution in [3.8, 4) is 17.3 Å². The Balaban J connectivity index is 1.67. The molecular weight excluding hydrogens is 470 g/mol. The van der Waals surface area contributed by atoms with E-state index in [-0.39, 0.29) is 22.0 Å². The number of halogens is 1. The summed E-state index contributed by atoms with van der Waals surface area (Å²) in [5.74, 6) is 0.139. The van der Waals surface area contributed by atoms with E-state index in [0.29, 0.717) is 39.2 Å². The molecule has 0 aliphatic carbocycles. The largest absolute Gasteiger partial charge is 0.483 e. The molecule has 1 amide bonds. The summed E-state index contributed by atoms with van der Waals surface area (Å²) in [5.41, 5.74) is 8.06. The summed E-state index contributed by atoms with van der Waals surface area (Å²) >= 11 is 5.91. The van der Waals surface area contributed by atoms with Crippen molar-refractivity contribution in [1.29, 1.82) is 0 Å². The number of carbonyl (C=O) groups is 1. The molecule has 4 aromatic heterocycles. The number of fused-ring (bicyclic) bond motifs is 2. The number of carbonyl (C=O) groups excluding carboxylic acids is 1. The number of primary amides is 1. The molecule has 0 spiro atoms. The topological polar surface area (TPSA) is 121 Å². The fourth-order valence-electron chi connectivity index (χ4n) is 4.05. The Morgan fingerprint density at radius 2 is 1.94 bits per heavy atom. The Morgan fingerprint density at radius 3 is 2.69 bits per heavy atom. The van der Waals surface area contributed by atoms with Crippen molar-refractivity contribution in [3.63, 3.8) is 0 Å². The molecule has 9 heteroatoms. The highest BCUT2D eigenvalue weighted by Crippen LogP contribution is 2.35. The first kappa shape index (κ1) is 22.6. The van der Waals surface area contributed by atoms with Gasteiger partial charge in [-0.15, -0.1) is 0 Å². The number of pyridine rings is 2. The molecule has 1 atom stereocenters. The minimum Gasteiger partial charge on any atom is -0.483 e. The highest BCUT2D eigenvalue weighted by atomic mass is 35.5. The number of benzene rings is 1. The number of nitrogens with two attached hydrogens (primary N) is 1. The van der Waals surface area contributed by atoms with Gasteiger partial charge in [0.15, 0.2) is 28.4 Å². The fraction of sp³-hybridized carbons (Fsp3) is 0.154. The Bertz CT molecular complexity index is 1660. The van der Waals surface area contributed by atoms with Crippen molar-refractivity contribution in [2.45, 2.75) is 26.9 Å². The van der Waals surface area contributed by atoms with E-state index in [9.17, 15) is 9.59 Å². The SMILES string of the molecule is Cc1cc([C@@H](C)Oc2ccc(Cl)nc2C(N)=O)c2oc(-c3cc4cnccc4o3)c(C)c(=O)c2c1. The molecule has 0 bridgehead atoms. The van der Waals surface area contributed by atoms with E-state index in [1.807, 2.05) is 13.0 Å². The first-order valence-electron chi connectivity index (χ1n) is 10.8. The molecule has 5 rings (SSSR count). The number of amides is 1. The lowest BCUT2D eigenvalue weighted by molar-refractivity contribution is 0.0988. The lowest BCUT2D eigenvalue weighted by Crippen LogP contribution is -2.17. The Kier molecular flexibility index (Phi) is 5.53. The maximum atomic E-state index is 13.4. The van der Waals surface area contributed by atoms with Crippen LogP contribution in [0.1, 0.15) is 40.2 Å². The molecule has 0 aliphatic heterocycles. The maximum absolute atomic E-state index is 13.4. The van der Waals surface area contributed by atoms with Gasteiger partial charge in [-0.25, -0.2) is 4.98 Å². The van der Waals surface area contributed by atoms with Crippen molar-refractivity contribution >= 4 is 39.4 Å². The molecule has 1 aromatic carbocycles. The summed E-state index contributed by atoms with van der Waals surface area (Å²) < 4.78 is 18.3. The Hall–Kier alpha value is -4.17. The van der Waals surface area contributed by atoms with Crippen LogP contribution in [-0.2, 0) is 0 Å². The van der Waals surface area contributed by atoms with Crippen molar-refractivity contribution < 1.29 is 18.4 Å². The molecule has 0 fully saturated rings. The van der Waals surface area contributed by atoms with Crippen molar-refractivity contribution in [1.82, 2.24) is 9.97 Å². The lowest BCUT2D eigenvalue weighted by Gasteiger charge is -2.19. The Morgan fingerprint density at radius 1 is 1.14 bits per heavy atom. The van der Waals surface area contributed by atoms with Gasteiger partial charge >= 0.3 is 0 Å². The van der Waals surface area contributed by atoms with E-state index in [2.05, 4.69) is 9.97 Å². The first-order chi connectivity index (χ1) is 16.7. The van der Waals surface area contributed by atoms with E-state index in [4.69, 9.17) is 30.9 Å². The van der Waals surface area contributed by atoms with Gasteiger partial charge in [0.05, 0.1) is 5.39 Å². The minimum atomic E-state index is -0.771. The molecule has 0 unspecified atom stereocenters. The van der Waals surface area contributed by atoms with Crippen LogP contribution in [0.2, 0.25) is 5.15 Å². The molecule has 0 saturated carbocycles. The number of nitrogens with zero attached hydrogens (tertiary/aromatic N) is 2. The van der Waals surface area contributed by atoms with Crippen LogP contribution in [0.3, 0.4) is 0 Å². The van der Waals surface area contributed by atoms with Crippen LogP contribution in [0.4, 0.5) is 0 Å². The molecule has 2 N–H and O–H groups in total. The normalized spacial score (nSPS) is 12.2. The van der Waals surface area contributed by atoms with E-state index in [1.165, 1.54) is 12.1 Å². The fourth-order valence-corrected chi connectivity index (χ4v) is 4.20. The number of aromatic nitrogens is 2. The molecule has 4 heterocycles. The van der Waals surface area contributed by atoms with E-state index in [1.54, 1.807) is 44.4 Å². The van der Waals surface area contributed by atoms with Crippen LogP contribution in [0.25, 0.3) is 33.5 Å². The van der Waals surface area contributed by atoms with Crippen LogP contribution >= 0.6 is 11.6 Å². The molecule has 5 aromatic rings. The summed E-state index contributed by atoms with van der Waals surface area (Å²) in [6, 6.07) is 10.2. The van der Waals surface area contributed by atoms with Gasteiger partial charge in [-0.1, -0.05) is 11.6 Å². The van der Waals surface area contributed by atoms with Gasteiger partial charge in [-0.05, 0) is 62.7 Å². The van der Waals surface area contributed by atoms with Gasteiger partial charge in [0.25, 0.3) is 5.91 Å². The number of rotatable bonds is 5. The van der Waals surface area contributed by atoms with Crippen LogP contribution in [-0.4, -0.2) is 15.9 Å². The van der Waals surface area contributed by atoms with Crippen LogP contribution in [0.15, 0.2) is 62.4 Å². The standard InChI is InChI=1S/C26H20ClN3O5/c1-12-8-16(14(3)33-19-4-5-21(27)30-22(19)26(28)32)25-17(9-12)23(31)13(2)24(35-25)20-10-15-11-29-7-6-18(15)34-20/h4-11,14H,1-3H3,(H2,28,32)/t14-/m1/s1. The number of hydrogen-bond acceptors (Lipinski definition) is 7. The number of ether oxygens (including phenoxy) is 1. The van der Waals surface area contributed by atoms with Crippen molar-refractivity contribution in [2.75, 3.05) is 0 Å². The maximum Gasteiger partial charge on any atom is 0.271 e. The smallest absolute Gasteiger partial charge is 0.271 e. The third-order valence-corrected chi connectivity index (χ3v) is 5.94. The van der Waals surface area contributed by atoms with Gasteiger partial charge in [0.1, 0.15) is 22.4 Å². The molecule has 176 valence electrons. The van der Waals surface area contributed by atoms with Crippen molar-refractivity contribution in [3.05, 3.63) is 86.6 Å². The molecule has 8 nitrogen and oxygen atoms in total. The monoisotopic (exact) mass is 489 g/mol. The molecule has 0 saturated heterocycles. The van der Waals surface area contributed by atoms with Crippen LogP contribution < -0.4 is 15.9 Å². The zero-order chi connectivity index (χ0) is 24.9. The summed E-state index contributed by atoms with van der Waals surface area (Å²) in [4.78, 5) is 33.3. The van der Waals surface area contributed by atoms with Gasteiger partial charge in [0, 0.05) is 28.9 Å². The zero-order valence-corrected chi connectivity index (χ0v) is 19.8. The van der Waals surface area contributed by atoms with Gasteiger partial charge in [-0.3, -0.25) is 14.6 Å². The highest BCUT2D eigenvalue weighted by Gasteiger charge is 2.23. The van der Waals surface area contributed by atoms with E-state index in [0.717, 1.165) is 10.9 Å². The van der Waals surface area contributed by atoms with E-state index >= 15 is 0 Å². The van der Waals surface area contributed by atoms with E-state index < -0.39 is 12.0 Å². The summed E-state index contributed by atoms with van der Waals surface area (Å²) in [6.07, 6.45) is 2.68. The molecule has 0 aliphatic rings. The molecule has 35 heavy (non-hydrogen) atoms. The minimum absolute atomic E-state index is 0.0878. The number of hydrogen-bond donors (Lipinski definition) is 1. The second-order valence-corrected chi connectivity index (χ2v) is 8.63. The second kappa shape index (κ2) is 8.56. The van der Waals surface area contributed by atoms with Gasteiger partial charge in [-0.2, -0.15) is 0 Å². The number of furan rings is 1. The van der Waals surface area contributed by atoms with Crippen LogP contribution in [0, 0.1) is 13.8 Å². The molecule has 0 radical (unpaired) electrons. The van der Waals surface area contributed by atoms with Gasteiger partial charge in [0.2, 0.25) is 0 Å². The Labute approximate surface area is 204 Å². The van der Waals surface area contributed by atoms with Gasteiger partial charge < -0.3 is 19.3 Å². The zero-order valence-electron chi connectivity index (χ0n) is 19.1. The average Bonchev–Trinajstić information content (AvgIpc) is 3.26. The predicted octanol–water partition coefficient (Wildman–Crippen LogP) is 5.51. The first-order valence-corrected chi connectivity index (χ1v) is 11.2. The summed E-state index contributed by atoms with van der Waals surface area (Å²) in [7, 11) is 0. The van der Waals surface area contributed by atoms with Crippen LogP contribution in [0.5, 0.6) is 5.75 Å². The molecular formula is C26H20ClN3O5. The lowest BCUT2D eigenvalue weighted by atomic mass is 10.0. The van der Waals surface area contributed by atoms with Crippen molar-refractivity contribution in [2.24, 2.45) is 5.73 Å². The highest BCUT2D eigenvalue weighted by molar-refractivity contribution is 6.29. The quantitative estimate of drug-likeness (QED) is 0.323. The third-order valence-electron chi connectivity index (χ3n) is 5.73.